The molecule has 1 aliphatic carbocycles. The summed E-state index contributed by atoms with van der Waals surface area (Å²) in [7, 11) is 0. The number of benzene rings is 1. The van der Waals surface area contributed by atoms with Gasteiger partial charge in [-0.05, 0) is 48.9 Å². The Hall–Kier alpha value is -2.42. The van der Waals surface area contributed by atoms with E-state index in [2.05, 4.69) is 43.3 Å². The molecule has 28 heavy (non-hydrogen) atoms. The molecule has 1 unspecified atom stereocenters. The molecule has 1 atom stereocenters. The van der Waals surface area contributed by atoms with Crippen molar-refractivity contribution < 1.29 is 4.79 Å². The van der Waals surface area contributed by atoms with E-state index >= 15 is 0 Å². The number of hydrogen-bond donors (Lipinski definition) is 0. The SMILES string of the molecule is CC(C)(C)C(=O)N1CC=C(C2(C)c3ccccc3CCc3cccnc32)CC1. The number of rotatable bonds is 1. The summed E-state index contributed by atoms with van der Waals surface area (Å²) >= 11 is 0. The number of hydrogen-bond acceptors (Lipinski definition) is 2. The zero-order chi connectivity index (χ0) is 19.9. The molecule has 4 rings (SSSR count). The first-order valence-electron chi connectivity index (χ1n) is 10.3. The smallest absolute Gasteiger partial charge is 0.228 e. The van der Waals surface area contributed by atoms with E-state index in [4.69, 9.17) is 4.98 Å². The summed E-state index contributed by atoms with van der Waals surface area (Å²) in [6.07, 6.45) is 7.17. The van der Waals surface area contributed by atoms with Gasteiger partial charge in [0, 0.05) is 24.7 Å². The van der Waals surface area contributed by atoms with E-state index < -0.39 is 0 Å². The van der Waals surface area contributed by atoms with Crippen molar-refractivity contribution in [1.29, 1.82) is 0 Å². The number of aryl methyl sites for hydroxylation is 2. The van der Waals surface area contributed by atoms with Crippen molar-refractivity contribution >= 4 is 5.91 Å². The van der Waals surface area contributed by atoms with Gasteiger partial charge in [-0.1, -0.05) is 62.8 Å². The van der Waals surface area contributed by atoms with Gasteiger partial charge in [0.15, 0.2) is 0 Å². The molecule has 0 bridgehead atoms. The van der Waals surface area contributed by atoms with Gasteiger partial charge in [0.2, 0.25) is 5.91 Å². The van der Waals surface area contributed by atoms with Crippen LogP contribution in [0.3, 0.4) is 0 Å². The van der Waals surface area contributed by atoms with Crippen molar-refractivity contribution in [2.45, 2.75) is 52.4 Å². The second kappa shape index (κ2) is 6.88. The molecule has 0 radical (unpaired) electrons. The first-order valence-corrected chi connectivity index (χ1v) is 10.3. The topological polar surface area (TPSA) is 33.2 Å². The quantitative estimate of drug-likeness (QED) is 0.679. The summed E-state index contributed by atoms with van der Waals surface area (Å²) < 4.78 is 0. The third-order valence-corrected chi connectivity index (χ3v) is 6.36. The zero-order valence-electron chi connectivity index (χ0n) is 17.5. The van der Waals surface area contributed by atoms with Crippen LogP contribution in [0.1, 0.15) is 56.5 Å². The van der Waals surface area contributed by atoms with Crippen LogP contribution in [-0.2, 0) is 23.1 Å². The maximum absolute atomic E-state index is 12.7. The molecule has 1 amide bonds. The number of fused-ring (bicyclic) bond motifs is 2. The summed E-state index contributed by atoms with van der Waals surface area (Å²) in [6, 6.07) is 13.1. The highest BCUT2D eigenvalue weighted by Crippen LogP contribution is 2.45. The molecule has 2 aliphatic rings. The van der Waals surface area contributed by atoms with Gasteiger partial charge in [0.1, 0.15) is 0 Å². The third-order valence-electron chi connectivity index (χ3n) is 6.36. The van der Waals surface area contributed by atoms with Crippen molar-refractivity contribution in [2.24, 2.45) is 5.41 Å². The Kier molecular flexibility index (Phi) is 4.65. The van der Waals surface area contributed by atoms with E-state index in [0.29, 0.717) is 6.54 Å². The summed E-state index contributed by atoms with van der Waals surface area (Å²) in [5, 5.41) is 0. The molecule has 3 heteroatoms. The van der Waals surface area contributed by atoms with Gasteiger partial charge >= 0.3 is 0 Å². The molecular weight excluding hydrogens is 344 g/mol. The normalized spacial score (nSPS) is 22.0. The van der Waals surface area contributed by atoms with E-state index in [1.54, 1.807) is 0 Å². The number of carbonyl (C=O) groups is 1. The largest absolute Gasteiger partial charge is 0.338 e. The fourth-order valence-electron chi connectivity index (χ4n) is 4.82. The summed E-state index contributed by atoms with van der Waals surface area (Å²) in [5.41, 5.74) is 6.13. The van der Waals surface area contributed by atoms with Crippen LogP contribution in [0.4, 0.5) is 0 Å². The molecule has 0 saturated heterocycles. The average molecular weight is 375 g/mol. The number of amides is 1. The Morgan fingerprint density at radius 3 is 2.46 bits per heavy atom. The van der Waals surface area contributed by atoms with Crippen molar-refractivity contribution in [3.8, 4) is 0 Å². The minimum Gasteiger partial charge on any atom is -0.338 e. The van der Waals surface area contributed by atoms with Gasteiger partial charge in [0.25, 0.3) is 0 Å². The predicted molar refractivity (Wildman–Crippen MR) is 113 cm³/mol. The average Bonchev–Trinajstić information content (AvgIpc) is 2.83. The number of pyridine rings is 1. The summed E-state index contributed by atoms with van der Waals surface area (Å²) in [4.78, 5) is 19.6. The minimum absolute atomic E-state index is 0.229. The van der Waals surface area contributed by atoms with Gasteiger partial charge in [-0.25, -0.2) is 0 Å². The lowest BCUT2D eigenvalue weighted by atomic mass is 9.69. The van der Waals surface area contributed by atoms with E-state index in [1.807, 2.05) is 37.9 Å². The van der Waals surface area contributed by atoms with Crippen LogP contribution in [0.25, 0.3) is 0 Å². The van der Waals surface area contributed by atoms with Gasteiger partial charge in [-0.15, -0.1) is 0 Å². The highest BCUT2D eigenvalue weighted by Gasteiger charge is 2.40. The molecule has 0 saturated carbocycles. The molecule has 2 heterocycles. The monoisotopic (exact) mass is 374 g/mol. The van der Waals surface area contributed by atoms with Gasteiger partial charge in [-0.3, -0.25) is 9.78 Å². The number of carbonyl (C=O) groups excluding carboxylic acids is 1. The van der Waals surface area contributed by atoms with Crippen LogP contribution in [0.15, 0.2) is 54.2 Å². The van der Waals surface area contributed by atoms with E-state index in [1.165, 1.54) is 28.0 Å². The van der Waals surface area contributed by atoms with Crippen LogP contribution in [0.2, 0.25) is 0 Å². The maximum Gasteiger partial charge on any atom is 0.228 e. The lowest BCUT2D eigenvalue weighted by Crippen LogP contribution is -2.43. The Bertz CT molecular complexity index is 888. The summed E-state index contributed by atoms with van der Waals surface area (Å²) in [6.45, 7) is 9.79. The molecule has 1 aromatic heterocycles. The van der Waals surface area contributed by atoms with Crippen LogP contribution in [0.5, 0.6) is 0 Å². The van der Waals surface area contributed by atoms with Crippen LogP contribution in [-0.4, -0.2) is 28.9 Å². The first-order chi connectivity index (χ1) is 13.3. The van der Waals surface area contributed by atoms with Gasteiger partial charge in [-0.2, -0.15) is 0 Å². The van der Waals surface area contributed by atoms with E-state index in [0.717, 1.165) is 25.8 Å². The minimum atomic E-state index is -0.335. The van der Waals surface area contributed by atoms with Crippen LogP contribution >= 0.6 is 0 Å². The van der Waals surface area contributed by atoms with Crippen LogP contribution in [0, 0.1) is 5.41 Å². The molecule has 0 spiro atoms. The predicted octanol–water partition coefficient (Wildman–Crippen LogP) is 4.69. The third kappa shape index (κ3) is 3.07. The first kappa shape index (κ1) is 18.9. The Morgan fingerprint density at radius 2 is 1.75 bits per heavy atom. The highest BCUT2D eigenvalue weighted by molar-refractivity contribution is 5.82. The Balaban J connectivity index is 1.79. The molecule has 0 N–H and O–H groups in total. The summed E-state index contributed by atoms with van der Waals surface area (Å²) in [5.74, 6) is 0.229. The molecule has 146 valence electrons. The molecule has 1 aliphatic heterocycles. The number of aromatic nitrogens is 1. The molecular formula is C25H30N2O. The lowest BCUT2D eigenvalue weighted by Gasteiger charge is -2.39. The van der Waals surface area contributed by atoms with E-state index in [9.17, 15) is 4.79 Å². The van der Waals surface area contributed by atoms with Crippen molar-refractivity contribution in [3.63, 3.8) is 0 Å². The maximum atomic E-state index is 12.7. The second-order valence-corrected chi connectivity index (χ2v) is 9.27. The fraction of sp³-hybridized carbons (Fsp3) is 0.440. The fourth-order valence-corrected chi connectivity index (χ4v) is 4.82. The second-order valence-electron chi connectivity index (χ2n) is 9.27. The van der Waals surface area contributed by atoms with E-state index in [-0.39, 0.29) is 16.7 Å². The Morgan fingerprint density at radius 1 is 1.04 bits per heavy atom. The molecule has 0 fully saturated rings. The van der Waals surface area contributed by atoms with Crippen molar-refractivity contribution in [2.75, 3.05) is 13.1 Å². The standard InChI is InChI=1S/C25H30N2O/c1-24(2,3)23(28)27-16-13-20(14-17-27)25(4)21-10-6-5-8-18(21)11-12-19-9-7-15-26-22(19)25/h5-10,13,15H,11-12,14,16-17H2,1-4H3. The number of nitrogens with zero attached hydrogens (tertiary/aromatic N) is 2. The van der Waals surface area contributed by atoms with Crippen molar-refractivity contribution in [3.05, 3.63) is 76.6 Å². The van der Waals surface area contributed by atoms with Crippen molar-refractivity contribution in [1.82, 2.24) is 9.88 Å². The highest BCUT2D eigenvalue weighted by atomic mass is 16.2. The molecule has 2 aromatic rings. The zero-order valence-corrected chi connectivity index (χ0v) is 17.5. The molecule has 1 aromatic carbocycles. The van der Waals surface area contributed by atoms with Crippen LogP contribution < -0.4 is 0 Å². The molecule has 3 nitrogen and oxygen atoms in total. The Labute approximate surface area is 168 Å². The lowest BCUT2D eigenvalue weighted by molar-refractivity contribution is -0.139. The van der Waals surface area contributed by atoms with Gasteiger partial charge in [0.05, 0.1) is 11.1 Å². The van der Waals surface area contributed by atoms with Gasteiger partial charge < -0.3 is 4.90 Å².